The van der Waals surface area contributed by atoms with Gasteiger partial charge in [-0.3, -0.25) is 19.9 Å². The number of rotatable bonds is 10. The van der Waals surface area contributed by atoms with Gasteiger partial charge in [0.25, 0.3) is 0 Å². The average Bonchev–Trinajstić information content (AvgIpc) is 3.48. The number of hydrogen-bond donors (Lipinski definition) is 3. The third kappa shape index (κ3) is 6.09. The van der Waals surface area contributed by atoms with E-state index in [1.807, 2.05) is 35.7 Å². The van der Waals surface area contributed by atoms with E-state index in [-0.39, 0.29) is 12.5 Å². The van der Waals surface area contributed by atoms with Crippen LogP contribution in [0, 0.1) is 0 Å². The van der Waals surface area contributed by atoms with E-state index in [0.29, 0.717) is 24.5 Å². The molecule has 1 atom stereocenters. The summed E-state index contributed by atoms with van der Waals surface area (Å²) in [5.74, 6) is -1.04. The zero-order valence-electron chi connectivity index (χ0n) is 17.6. The van der Waals surface area contributed by atoms with E-state index < -0.39 is 12.0 Å². The smallest absolute Gasteiger partial charge is 0.325 e. The second-order valence-electron chi connectivity index (χ2n) is 7.29. The second-order valence-corrected chi connectivity index (χ2v) is 8.01. The molecule has 1 aromatic carbocycles. The van der Waals surface area contributed by atoms with Crippen LogP contribution in [0.25, 0.3) is 11.3 Å². The predicted molar refractivity (Wildman–Crippen MR) is 125 cm³/mol. The Labute approximate surface area is 194 Å². The van der Waals surface area contributed by atoms with Crippen molar-refractivity contribution in [2.24, 2.45) is 0 Å². The van der Waals surface area contributed by atoms with Crippen molar-refractivity contribution >= 4 is 29.0 Å². The number of carbonyl (C=O) groups is 2. The van der Waals surface area contributed by atoms with Crippen LogP contribution in [-0.2, 0) is 29.1 Å². The molecular formula is C23H22N6O3S. The second kappa shape index (κ2) is 10.6. The SMILES string of the molecule is O=C(O)Cn1nc(-c2ccncc2)cc1NC(=O)C(Cc1ccccc1)NCc1cscn1. The third-order valence-corrected chi connectivity index (χ3v) is 5.54. The Kier molecular flexibility index (Phi) is 7.18. The molecule has 168 valence electrons. The number of nitrogens with one attached hydrogen (secondary N) is 2. The lowest BCUT2D eigenvalue weighted by atomic mass is 10.1. The molecule has 0 saturated heterocycles. The van der Waals surface area contributed by atoms with Crippen molar-refractivity contribution in [2.45, 2.75) is 25.6 Å². The summed E-state index contributed by atoms with van der Waals surface area (Å²) in [5, 5.41) is 21.7. The van der Waals surface area contributed by atoms with Crippen molar-refractivity contribution in [3.8, 4) is 11.3 Å². The van der Waals surface area contributed by atoms with E-state index in [4.69, 9.17) is 0 Å². The molecule has 0 aliphatic heterocycles. The average molecular weight is 463 g/mol. The molecule has 0 radical (unpaired) electrons. The lowest BCUT2D eigenvalue weighted by Gasteiger charge is -2.18. The van der Waals surface area contributed by atoms with Gasteiger partial charge in [-0.15, -0.1) is 11.3 Å². The van der Waals surface area contributed by atoms with Gasteiger partial charge in [-0.25, -0.2) is 9.67 Å². The Bertz CT molecular complexity index is 1200. The summed E-state index contributed by atoms with van der Waals surface area (Å²) in [4.78, 5) is 32.9. The van der Waals surface area contributed by atoms with Gasteiger partial charge >= 0.3 is 5.97 Å². The number of nitrogens with zero attached hydrogens (tertiary/aromatic N) is 4. The number of thiazole rings is 1. The quantitative estimate of drug-likeness (QED) is 0.331. The highest BCUT2D eigenvalue weighted by Gasteiger charge is 2.22. The normalized spacial score (nSPS) is 11.8. The van der Waals surface area contributed by atoms with Crippen LogP contribution in [0.3, 0.4) is 0 Å². The fraction of sp³-hybridized carbons (Fsp3) is 0.174. The maximum Gasteiger partial charge on any atom is 0.325 e. The molecule has 4 aromatic rings. The van der Waals surface area contributed by atoms with Crippen molar-refractivity contribution < 1.29 is 14.7 Å². The maximum atomic E-state index is 13.3. The molecule has 0 aliphatic rings. The van der Waals surface area contributed by atoms with Gasteiger partial charge in [0.2, 0.25) is 5.91 Å². The molecule has 0 bridgehead atoms. The van der Waals surface area contributed by atoms with Crippen molar-refractivity contribution in [1.29, 1.82) is 0 Å². The first-order valence-corrected chi connectivity index (χ1v) is 11.2. The molecule has 33 heavy (non-hydrogen) atoms. The van der Waals surface area contributed by atoms with E-state index in [9.17, 15) is 14.7 Å². The number of carbonyl (C=O) groups excluding carboxylic acids is 1. The predicted octanol–water partition coefficient (Wildman–Crippen LogP) is 2.83. The zero-order valence-corrected chi connectivity index (χ0v) is 18.4. The molecule has 3 N–H and O–H groups in total. The summed E-state index contributed by atoms with van der Waals surface area (Å²) in [6.45, 7) is 0.0569. The van der Waals surface area contributed by atoms with Crippen LogP contribution in [0.1, 0.15) is 11.3 Å². The molecule has 1 unspecified atom stereocenters. The van der Waals surface area contributed by atoms with Crippen LogP contribution >= 0.6 is 11.3 Å². The van der Waals surface area contributed by atoms with Gasteiger partial charge in [0.15, 0.2) is 0 Å². The van der Waals surface area contributed by atoms with Crippen LogP contribution in [-0.4, -0.2) is 42.8 Å². The molecule has 1 amide bonds. The van der Waals surface area contributed by atoms with E-state index >= 15 is 0 Å². The lowest BCUT2D eigenvalue weighted by molar-refractivity contribution is -0.137. The summed E-state index contributed by atoms with van der Waals surface area (Å²) in [5.41, 5.74) is 4.91. The number of amides is 1. The summed E-state index contributed by atoms with van der Waals surface area (Å²) in [6, 6.07) is 14.3. The first-order chi connectivity index (χ1) is 16.1. The highest BCUT2D eigenvalue weighted by molar-refractivity contribution is 7.07. The number of carboxylic acids is 1. The largest absolute Gasteiger partial charge is 0.480 e. The first-order valence-electron chi connectivity index (χ1n) is 10.2. The number of pyridine rings is 1. The Morgan fingerprint density at radius 2 is 1.91 bits per heavy atom. The number of benzene rings is 1. The highest BCUT2D eigenvalue weighted by atomic mass is 32.1. The van der Waals surface area contributed by atoms with Crippen molar-refractivity contribution in [2.75, 3.05) is 5.32 Å². The topological polar surface area (TPSA) is 122 Å². The van der Waals surface area contributed by atoms with Gasteiger partial charge in [0.1, 0.15) is 12.4 Å². The number of aliphatic carboxylic acids is 1. The minimum absolute atomic E-state index is 0.290. The van der Waals surface area contributed by atoms with Gasteiger partial charge in [0.05, 0.1) is 22.9 Å². The van der Waals surface area contributed by atoms with Crippen molar-refractivity contribution in [3.05, 3.63) is 83.1 Å². The Hall–Kier alpha value is -3.89. The minimum atomic E-state index is -1.06. The van der Waals surface area contributed by atoms with Gasteiger partial charge in [-0.1, -0.05) is 30.3 Å². The van der Waals surface area contributed by atoms with Gasteiger partial charge in [-0.05, 0) is 24.1 Å². The van der Waals surface area contributed by atoms with Gasteiger partial charge < -0.3 is 10.4 Å². The molecule has 10 heteroatoms. The maximum absolute atomic E-state index is 13.3. The Morgan fingerprint density at radius 3 is 2.61 bits per heavy atom. The minimum Gasteiger partial charge on any atom is -0.480 e. The summed E-state index contributed by atoms with van der Waals surface area (Å²) >= 11 is 1.49. The fourth-order valence-corrected chi connectivity index (χ4v) is 3.86. The Morgan fingerprint density at radius 1 is 1.12 bits per heavy atom. The van der Waals surface area contributed by atoms with Crippen LogP contribution in [0.4, 0.5) is 5.82 Å². The molecule has 9 nitrogen and oxygen atoms in total. The fourth-order valence-electron chi connectivity index (χ4n) is 3.30. The monoisotopic (exact) mass is 462 g/mol. The molecule has 0 spiro atoms. The number of aromatic nitrogens is 4. The van der Waals surface area contributed by atoms with Crippen LogP contribution in [0.2, 0.25) is 0 Å². The molecule has 3 aromatic heterocycles. The molecular weight excluding hydrogens is 440 g/mol. The van der Waals surface area contributed by atoms with Crippen LogP contribution in [0.5, 0.6) is 0 Å². The van der Waals surface area contributed by atoms with Gasteiger partial charge in [-0.2, -0.15) is 5.10 Å². The summed E-state index contributed by atoms with van der Waals surface area (Å²) < 4.78 is 1.27. The first kappa shape index (κ1) is 22.3. The third-order valence-electron chi connectivity index (χ3n) is 4.90. The number of carboxylic acid groups (broad SMARTS) is 1. The van der Waals surface area contributed by atoms with Gasteiger partial charge in [0, 0.05) is 35.9 Å². The number of hydrogen-bond acceptors (Lipinski definition) is 7. The van der Waals surface area contributed by atoms with E-state index in [2.05, 4.69) is 25.7 Å². The molecule has 3 heterocycles. The van der Waals surface area contributed by atoms with Crippen molar-refractivity contribution in [1.82, 2.24) is 25.1 Å². The lowest BCUT2D eigenvalue weighted by Crippen LogP contribution is -2.42. The van der Waals surface area contributed by atoms with E-state index in [1.165, 1.54) is 16.0 Å². The van der Waals surface area contributed by atoms with Crippen LogP contribution in [0.15, 0.2) is 71.8 Å². The van der Waals surface area contributed by atoms with Crippen molar-refractivity contribution in [3.63, 3.8) is 0 Å². The van der Waals surface area contributed by atoms with E-state index in [1.54, 1.807) is 36.1 Å². The summed E-state index contributed by atoms with van der Waals surface area (Å²) in [7, 11) is 0. The highest BCUT2D eigenvalue weighted by Crippen LogP contribution is 2.22. The molecule has 0 fully saturated rings. The van der Waals surface area contributed by atoms with E-state index in [0.717, 1.165) is 16.8 Å². The Balaban J connectivity index is 1.56. The molecule has 0 saturated carbocycles. The number of anilines is 1. The summed E-state index contributed by atoms with van der Waals surface area (Å²) in [6.07, 6.45) is 3.71. The standard InChI is InChI=1S/C23H22N6O3S/c30-22(31)13-29-21(11-19(28-29)17-6-8-24-9-7-17)27-23(32)20(10-16-4-2-1-3-5-16)25-12-18-14-33-15-26-18/h1-9,11,14-15,20,25H,10,12-13H2,(H,27,32)(H,30,31). The molecule has 4 rings (SSSR count). The van der Waals surface area contributed by atoms with Crippen LogP contribution < -0.4 is 10.6 Å². The zero-order chi connectivity index (χ0) is 23.0. The molecule has 0 aliphatic carbocycles.